The highest BCUT2D eigenvalue weighted by Crippen LogP contribution is 2.22. The van der Waals surface area contributed by atoms with Crippen molar-refractivity contribution in [3.05, 3.63) is 35.9 Å². The summed E-state index contributed by atoms with van der Waals surface area (Å²) in [6.07, 6.45) is 4.53. The lowest BCUT2D eigenvalue weighted by atomic mass is 9.92. The highest BCUT2D eigenvalue weighted by atomic mass is 16.6. The van der Waals surface area contributed by atoms with E-state index in [-0.39, 0.29) is 6.09 Å². The van der Waals surface area contributed by atoms with E-state index in [1.54, 1.807) is 0 Å². The van der Waals surface area contributed by atoms with Gasteiger partial charge < -0.3 is 15.0 Å². The lowest BCUT2D eigenvalue weighted by molar-refractivity contribution is 0.0813. The second-order valence-corrected chi connectivity index (χ2v) is 5.97. The molecule has 1 heterocycles. The molecular weight excluding hydrogens is 276 g/mol. The van der Waals surface area contributed by atoms with Crippen molar-refractivity contribution in [1.82, 2.24) is 10.2 Å². The maximum atomic E-state index is 12.1. The van der Waals surface area contributed by atoms with Crippen LogP contribution >= 0.6 is 0 Å². The summed E-state index contributed by atoms with van der Waals surface area (Å²) in [5.41, 5.74) is 1.04. The van der Waals surface area contributed by atoms with E-state index in [1.807, 2.05) is 35.2 Å². The van der Waals surface area contributed by atoms with E-state index in [9.17, 15) is 4.79 Å². The summed E-state index contributed by atoms with van der Waals surface area (Å²) in [6, 6.07) is 9.84. The summed E-state index contributed by atoms with van der Waals surface area (Å²) in [5, 5.41) is 3.36. The molecule has 4 nitrogen and oxygen atoms in total. The molecule has 1 saturated heterocycles. The predicted molar refractivity (Wildman–Crippen MR) is 88.7 cm³/mol. The van der Waals surface area contributed by atoms with Crippen LogP contribution in [0.15, 0.2) is 30.3 Å². The number of benzene rings is 1. The van der Waals surface area contributed by atoms with Gasteiger partial charge in [0.1, 0.15) is 6.61 Å². The van der Waals surface area contributed by atoms with E-state index in [0.29, 0.717) is 6.61 Å². The summed E-state index contributed by atoms with van der Waals surface area (Å²) < 4.78 is 5.39. The zero-order chi connectivity index (χ0) is 15.6. The molecule has 1 aromatic rings. The summed E-state index contributed by atoms with van der Waals surface area (Å²) >= 11 is 0. The number of likely N-dealkylation sites (tertiary alicyclic amines) is 1. The molecule has 1 aromatic carbocycles. The van der Waals surface area contributed by atoms with Gasteiger partial charge in [0, 0.05) is 13.1 Å². The van der Waals surface area contributed by atoms with Crippen LogP contribution in [0.2, 0.25) is 0 Å². The van der Waals surface area contributed by atoms with Crippen LogP contribution in [0.5, 0.6) is 0 Å². The summed E-state index contributed by atoms with van der Waals surface area (Å²) in [4.78, 5) is 13.9. The van der Waals surface area contributed by atoms with Crippen molar-refractivity contribution in [1.29, 1.82) is 0 Å². The Morgan fingerprint density at radius 2 is 2.00 bits per heavy atom. The Labute approximate surface area is 133 Å². The number of nitrogens with zero attached hydrogens (tertiary/aromatic N) is 1. The first kappa shape index (κ1) is 16.8. The van der Waals surface area contributed by atoms with Crippen LogP contribution in [-0.4, -0.2) is 37.2 Å². The molecular formula is C18H28N2O2. The molecule has 1 fully saturated rings. The summed E-state index contributed by atoms with van der Waals surface area (Å²) in [6.45, 7) is 6.32. The lowest BCUT2D eigenvalue weighted by Crippen LogP contribution is -2.38. The second kappa shape index (κ2) is 9.46. The quantitative estimate of drug-likeness (QED) is 0.785. The fourth-order valence-corrected chi connectivity index (χ4v) is 2.91. The third-order valence-electron chi connectivity index (χ3n) is 4.29. The number of carbonyl (C=O) groups is 1. The molecule has 0 aromatic heterocycles. The van der Waals surface area contributed by atoms with Crippen LogP contribution in [0.25, 0.3) is 0 Å². The van der Waals surface area contributed by atoms with E-state index >= 15 is 0 Å². The number of hydrogen-bond acceptors (Lipinski definition) is 3. The van der Waals surface area contributed by atoms with Crippen LogP contribution < -0.4 is 5.32 Å². The minimum absolute atomic E-state index is 0.171. The van der Waals surface area contributed by atoms with Crippen molar-refractivity contribution >= 4 is 6.09 Å². The topological polar surface area (TPSA) is 41.6 Å². The fourth-order valence-electron chi connectivity index (χ4n) is 2.91. The number of ether oxygens (including phenoxy) is 1. The zero-order valence-corrected chi connectivity index (χ0v) is 13.6. The van der Waals surface area contributed by atoms with Gasteiger partial charge in [0.05, 0.1) is 0 Å². The van der Waals surface area contributed by atoms with Crippen LogP contribution in [-0.2, 0) is 11.3 Å². The van der Waals surface area contributed by atoms with Crippen LogP contribution in [0.4, 0.5) is 4.79 Å². The van der Waals surface area contributed by atoms with Crippen molar-refractivity contribution in [3.63, 3.8) is 0 Å². The highest BCUT2D eigenvalue weighted by molar-refractivity contribution is 5.67. The number of rotatable bonds is 7. The minimum Gasteiger partial charge on any atom is -0.445 e. The average molecular weight is 304 g/mol. The molecule has 0 unspecified atom stereocenters. The van der Waals surface area contributed by atoms with Crippen LogP contribution in [0.3, 0.4) is 0 Å². The first-order chi connectivity index (χ1) is 10.8. The molecule has 0 bridgehead atoms. The first-order valence-corrected chi connectivity index (χ1v) is 8.46. The smallest absolute Gasteiger partial charge is 0.410 e. The molecule has 4 heteroatoms. The van der Waals surface area contributed by atoms with E-state index < -0.39 is 0 Å². The number of piperidine rings is 1. The number of nitrogens with one attached hydrogen (secondary N) is 1. The molecule has 2 rings (SSSR count). The average Bonchev–Trinajstić information content (AvgIpc) is 2.58. The van der Waals surface area contributed by atoms with Crippen molar-refractivity contribution < 1.29 is 9.53 Å². The van der Waals surface area contributed by atoms with Crippen molar-refractivity contribution in [2.45, 2.75) is 39.2 Å². The summed E-state index contributed by atoms with van der Waals surface area (Å²) in [5.74, 6) is 0.761. The normalized spacial score (nSPS) is 15.8. The number of hydrogen-bond donors (Lipinski definition) is 1. The van der Waals surface area contributed by atoms with E-state index in [2.05, 4.69) is 12.2 Å². The van der Waals surface area contributed by atoms with E-state index in [1.165, 1.54) is 12.8 Å². The number of carbonyl (C=O) groups excluding carboxylic acids is 1. The molecule has 22 heavy (non-hydrogen) atoms. The second-order valence-electron chi connectivity index (χ2n) is 5.97. The van der Waals surface area contributed by atoms with Gasteiger partial charge in [-0.1, -0.05) is 37.3 Å². The Kier molecular flexibility index (Phi) is 7.23. The maximum absolute atomic E-state index is 12.1. The lowest BCUT2D eigenvalue weighted by Gasteiger charge is -2.31. The van der Waals surface area contributed by atoms with Gasteiger partial charge in [0.25, 0.3) is 0 Å². The van der Waals surface area contributed by atoms with Gasteiger partial charge in [-0.3, -0.25) is 0 Å². The Morgan fingerprint density at radius 3 is 2.68 bits per heavy atom. The SMILES string of the molecule is CCNCCCC1CCN(C(=O)OCc2ccccc2)CC1. The molecule has 0 spiro atoms. The monoisotopic (exact) mass is 304 g/mol. The predicted octanol–water partition coefficient (Wildman–Crippen LogP) is 3.42. The van der Waals surface area contributed by atoms with Gasteiger partial charge in [0.2, 0.25) is 0 Å². The Balaban J connectivity index is 1.62. The zero-order valence-electron chi connectivity index (χ0n) is 13.6. The van der Waals surface area contributed by atoms with Gasteiger partial charge in [-0.15, -0.1) is 0 Å². The van der Waals surface area contributed by atoms with E-state index in [0.717, 1.165) is 50.5 Å². The first-order valence-electron chi connectivity index (χ1n) is 8.46. The molecule has 122 valence electrons. The fraction of sp³-hybridized carbons (Fsp3) is 0.611. The van der Waals surface area contributed by atoms with E-state index in [4.69, 9.17) is 4.74 Å². The largest absolute Gasteiger partial charge is 0.445 e. The third kappa shape index (κ3) is 5.68. The Bertz CT molecular complexity index is 428. The Morgan fingerprint density at radius 1 is 1.27 bits per heavy atom. The van der Waals surface area contributed by atoms with Crippen molar-refractivity contribution in [2.75, 3.05) is 26.2 Å². The number of amides is 1. The van der Waals surface area contributed by atoms with Crippen LogP contribution in [0.1, 0.15) is 38.2 Å². The summed E-state index contributed by atoms with van der Waals surface area (Å²) in [7, 11) is 0. The minimum atomic E-state index is -0.171. The van der Waals surface area contributed by atoms with Gasteiger partial charge in [0.15, 0.2) is 0 Å². The maximum Gasteiger partial charge on any atom is 0.410 e. The van der Waals surface area contributed by atoms with Gasteiger partial charge in [-0.2, -0.15) is 0 Å². The molecule has 0 radical (unpaired) electrons. The van der Waals surface area contributed by atoms with Gasteiger partial charge in [-0.25, -0.2) is 4.79 Å². The molecule has 0 atom stereocenters. The Hall–Kier alpha value is -1.55. The van der Waals surface area contributed by atoms with Crippen LogP contribution in [0, 0.1) is 5.92 Å². The molecule has 0 aliphatic carbocycles. The highest BCUT2D eigenvalue weighted by Gasteiger charge is 2.23. The van der Waals surface area contributed by atoms with Crippen molar-refractivity contribution in [3.8, 4) is 0 Å². The van der Waals surface area contributed by atoms with Gasteiger partial charge >= 0.3 is 6.09 Å². The standard InChI is InChI=1S/C18H28N2O2/c1-2-19-12-6-9-16-10-13-20(14-11-16)18(21)22-15-17-7-4-3-5-8-17/h3-5,7-8,16,19H,2,6,9-15H2,1H3. The van der Waals surface area contributed by atoms with Gasteiger partial charge in [-0.05, 0) is 50.3 Å². The molecule has 1 amide bonds. The molecule has 1 aliphatic rings. The molecule has 1 aliphatic heterocycles. The molecule has 0 saturated carbocycles. The third-order valence-corrected chi connectivity index (χ3v) is 4.29. The van der Waals surface area contributed by atoms with Crippen molar-refractivity contribution in [2.24, 2.45) is 5.92 Å². The molecule has 1 N–H and O–H groups in total.